The Morgan fingerprint density at radius 3 is 2.33 bits per heavy atom. The number of carbonyl (C=O) groups excluding carboxylic acids is 2. The topological polar surface area (TPSA) is 61.8 Å². The molecule has 0 radical (unpaired) electrons. The molecule has 0 spiro atoms. The van der Waals surface area contributed by atoms with Crippen molar-refractivity contribution in [3.63, 3.8) is 0 Å². The molecule has 21 heavy (non-hydrogen) atoms. The van der Waals surface area contributed by atoms with Crippen LogP contribution in [0.4, 0.5) is 4.79 Å². The number of benzene rings is 1. The molecule has 2 unspecified atom stereocenters. The van der Waals surface area contributed by atoms with Crippen LogP contribution in [0, 0.1) is 5.92 Å². The Balaban J connectivity index is 2.44. The first-order valence-electron chi connectivity index (χ1n) is 6.70. The van der Waals surface area contributed by atoms with Gasteiger partial charge in [0.2, 0.25) is 0 Å². The van der Waals surface area contributed by atoms with Crippen molar-refractivity contribution in [2.24, 2.45) is 5.92 Å². The quantitative estimate of drug-likeness (QED) is 0.749. The Hall–Kier alpha value is -1.75. The van der Waals surface area contributed by atoms with E-state index < -0.39 is 18.2 Å². The fourth-order valence-corrected chi connectivity index (χ4v) is 1.56. The van der Waals surface area contributed by atoms with Gasteiger partial charge in [0.15, 0.2) is 0 Å². The average molecular weight is 315 g/mol. The van der Waals surface area contributed by atoms with Crippen LogP contribution in [0.5, 0.6) is 0 Å². The maximum absolute atomic E-state index is 11.9. The van der Waals surface area contributed by atoms with Gasteiger partial charge in [0.05, 0.1) is 12.2 Å². The zero-order chi connectivity index (χ0) is 15.8. The summed E-state index contributed by atoms with van der Waals surface area (Å²) in [5.41, 5.74) is 0.421. The van der Waals surface area contributed by atoms with E-state index in [2.05, 4.69) is 4.74 Å². The van der Waals surface area contributed by atoms with Crippen molar-refractivity contribution in [2.45, 2.75) is 26.9 Å². The lowest BCUT2D eigenvalue weighted by Gasteiger charge is -2.20. The van der Waals surface area contributed by atoms with Gasteiger partial charge in [-0.15, -0.1) is 0 Å². The summed E-state index contributed by atoms with van der Waals surface area (Å²) in [6, 6.07) is 6.43. The molecule has 116 valence electrons. The molecule has 0 aliphatic rings. The lowest BCUT2D eigenvalue weighted by Crippen LogP contribution is -2.26. The summed E-state index contributed by atoms with van der Waals surface area (Å²) in [7, 11) is 0. The summed E-state index contributed by atoms with van der Waals surface area (Å²) in [5, 5.41) is 0.552. The third-order valence-corrected chi connectivity index (χ3v) is 3.15. The molecule has 0 bridgehead atoms. The van der Waals surface area contributed by atoms with Crippen LogP contribution in [-0.4, -0.2) is 31.4 Å². The molecule has 0 amide bonds. The van der Waals surface area contributed by atoms with Crippen LogP contribution in [0.2, 0.25) is 5.02 Å². The van der Waals surface area contributed by atoms with Crippen LogP contribution >= 0.6 is 11.6 Å². The molecule has 1 aromatic carbocycles. The average Bonchev–Trinajstić information content (AvgIpc) is 2.45. The number of hydrogen-bond acceptors (Lipinski definition) is 5. The van der Waals surface area contributed by atoms with Gasteiger partial charge in [0.25, 0.3) is 0 Å². The van der Waals surface area contributed by atoms with Gasteiger partial charge in [-0.3, -0.25) is 0 Å². The van der Waals surface area contributed by atoms with Crippen molar-refractivity contribution in [1.29, 1.82) is 0 Å². The van der Waals surface area contributed by atoms with Crippen LogP contribution < -0.4 is 0 Å². The van der Waals surface area contributed by atoms with E-state index in [1.807, 2.05) is 6.92 Å². The highest BCUT2D eigenvalue weighted by atomic mass is 35.5. The summed E-state index contributed by atoms with van der Waals surface area (Å²) in [6.07, 6.45) is -1.12. The molecule has 5 nitrogen and oxygen atoms in total. The van der Waals surface area contributed by atoms with Gasteiger partial charge in [-0.1, -0.05) is 18.5 Å². The molecular formula is C15H19ClO5. The van der Waals surface area contributed by atoms with Crippen molar-refractivity contribution >= 4 is 23.7 Å². The smallest absolute Gasteiger partial charge is 0.459 e. The first-order valence-corrected chi connectivity index (χ1v) is 7.08. The first-order chi connectivity index (χ1) is 9.93. The number of halogens is 1. The van der Waals surface area contributed by atoms with Crippen molar-refractivity contribution in [3.05, 3.63) is 34.9 Å². The monoisotopic (exact) mass is 314 g/mol. The molecule has 2 atom stereocenters. The number of rotatable bonds is 6. The van der Waals surface area contributed by atoms with Crippen LogP contribution in [0.1, 0.15) is 31.1 Å². The van der Waals surface area contributed by atoms with Crippen molar-refractivity contribution < 1.29 is 23.8 Å². The van der Waals surface area contributed by atoms with E-state index in [4.69, 9.17) is 21.1 Å². The minimum absolute atomic E-state index is 0.119. The predicted octanol–water partition coefficient (Wildman–Crippen LogP) is 3.69. The van der Waals surface area contributed by atoms with Crippen LogP contribution in [0.25, 0.3) is 0 Å². The summed E-state index contributed by atoms with van der Waals surface area (Å²) in [5.74, 6) is -0.590. The van der Waals surface area contributed by atoms with E-state index in [0.717, 1.165) is 0 Å². The Morgan fingerprint density at radius 1 is 1.14 bits per heavy atom. The van der Waals surface area contributed by atoms with Gasteiger partial charge in [-0.05, 0) is 38.1 Å². The van der Waals surface area contributed by atoms with E-state index in [0.29, 0.717) is 10.6 Å². The molecule has 0 saturated heterocycles. The zero-order valence-electron chi connectivity index (χ0n) is 12.3. The van der Waals surface area contributed by atoms with Crippen molar-refractivity contribution in [2.75, 3.05) is 13.2 Å². The number of carbonyl (C=O) groups is 2. The van der Waals surface area contributed by atoms with Crippen LogP contribution in [0.3, 0.4) is 0 Å². The molecule has 6 heteroatoms. The van der Waals surface area contributed by atoms with E-state index in [1.54, 1.807) is 38.1 Å². The maximum atomic E-state index is 11.9. The fraction of sp³-hybridized carbons (Fsp3) is 0.467. The van der Waals surface area contributed by atoms with Gasteiger partial charge < -0.3 is 14.2 Å². The number of ether oxygens (including phenoxy) is 3. The van der Waals surface area contributed by atoms with E-state index >= 15 is 0 Å². The predicted molar refractivity (Wildman–Crippen MR) is 78.5 cm³/mol. The molecule has 0 heterocycles. The van der Waals surface area contributed by atoms with Crippen LogP contribution in [-0.2, 0) is 14.2 Å². The third kappa shape index (κ3) is 6.04. The molecule has 0 fully saturated rings. The molecule has 1 rings (SSSR count). The van der Waals surface area contributed by atoms with Gasteiger partial charge in [0.1, 0.15) is 12.7 Å². The second-order valence-corrected chi connectivity index (χ2v) is 5.03. The highest BCUT2D eigenvalue weighted by Gasteiger charge is 2.19. The molecule has 0 saturated carbocycles. The first kappa shape index (κ1) is 17.3. The Labute approximate surface area is 129 Å². The standard InChI is InChI=1S/C15H19ClO5/c1-4-19-15(18)20-9-10(2)11(3)21-14(17)12-5-7-13(16)8-6-12/h5-8,10-11H,4,9H2,1-3H3. The summed E-state index contributed by atoms with van der Waals surface area (Å²) in [4.78, 5) is 23.0. The third-order valence-electron chi connectivity index (χ3n) is 2.90. The minimum Gasteiger partial charge on any atom is -0.459 e. The molecule has 0 aromatic heterocycles. The molecular weight excluding hydrogens is 296 g/mol. The summed E-state index contributed by atoms with van der Waals surface area (Å²) < 4.78 is 14.9. The SMILES string of the molecule is CCOC(=O)OCC(C)C(C)OC(=O)c1ccc(Cl)cc1. The largest absolute Gasteiger partial charge is 0.508 e. The van der Waals surface area contributed by atoms with Crippen LogP contribution in [0.15, 0.2) is 24.3 Å². The zero-order valence-corrected chi connectivity index (χ0v) is 13.1. The second-order valence-electron chi connectivity index (χ2n) is 4.59. The van der Waals surface area contributed by atoms with E-state index in [-0.39, 0.29) is 19.1 Å². The number of hydrogen-bond donors (Lipinski definition) is 0. The van der Waals surface area contributed by atoms with Gasteiger partial charge in [-0.2, -0.15) is 0 Å². The van der Waals surface area contributed by atoms with E-state index in [1.165, 1.54) is 0 Å². The molecule has 0 N–H and O–H groups in total. The molecule has 0 aliphatic heterocycles. The van der Waals surface area contributed by atoms with Crippen molar-refractivity contribution in [1.82, 2.24) is 0 Å². The highest BCUT2D eigenvalue weighted by Crippen LogP contribution is 2.14. The molecule has 1 aromatic rings. The lowest BCUT2D eigenvalue weighted by atomic mass is 10.1. The number of esters is 1. The summed E-state index contributed by atoms with van der Waals surface area (Å²) in [6.45, 7) is 5.63. The van der Waals surface area contributed by atoms with Crippen molar-refractivity contribution in [3.8, 4) is 0 Å². The van der Waals surface area contributed by atoms with Gasteiger partial charge in [-0.25, -0.2) is 9.59 Å². The van der Waals surface area contributed by atoms with Gasteiger partial charge >= 0.3 is 12.1 Å². The summed E-state index contributed by atoms with van der Waals surface area (Å²) >= 11 is 5.76. The second kappa shape index (κ2) is 8.52. The minimum atomic E-state index is -0.722. The Kier molecular flexibility index (Phi) is 7.02. The lowest BCUT2D eigenvalue weighted by molar-refractivity contribution is 0.00162. The highest BCUT2D eigenvalue weighted by molar-refractivity contribution is 6.30. The normalized spacial score (nSPS) is 13.1. The molecule has 0 aliphatic carbocycles. The Bertz CT molecular complexity index is 471. The fourth-order valence-electron chi connectivity index (χ4n) is 1.43. The Morgan fingerprint density at radius 2 is 1.76 bits per heavy atom. The maximum Gasteiger partial charge on any atom is 0.508 e. The van der Waals surface area contributed by atoms with Gasteiger partial charge in [0, 0.05) is 10.9 Å². The van der Waals surface area contributed by atoms with E-state index in [9.17, 15) is 9.59 Å².